The van der Waals surface area contributed by atoms with E-state index in [-0.39, 0.29) is 23.3 Å². The topological polar surface area (TPSA) is 96.0 Å². The van der Waals surface area contributed by atoms with E-state index in [1.807, 2.05) is 24.0 Å². The van der Waals surface area contributed by atoms with Crippen molar-refractivity contribution in [2.75, 3.05) is 38.6 Å². The third kappa shape index (κ3) is 5.85. The van der Waals surface area contributed by atoms with Crippen LogP contribution in [0.4, 0.5) is 5.69 Å². The molecule has 2 fully saturated rings. The minimum absolute atomic E-state index is 0.119. The predicted octanol–water partition coefficient (Wildman–Crippen LogP) is 3.21. The second-order valence-corrected chi connectivity index (χ2v) is 11.2. The number of hydrogen-bond acceptors (Lipinski definition) is 5. The number of sulfonamides is 1. The average molecular weight is 500 g/mol. The molecular formula is C26H33N3O5S. The highest BCUT2D eigenvalue weighted by Crippen LogP contribution is 2.31. The van der Waals surface area contributed by atoms with Crippen LogP contribution in [-0.2, 0) is 26.0 Å². The van der Waals surface area contributed by atoms with Gasteiger partial charge in [0.2, 0.25) is 21.8 Å². The van der Waals surface area contributed by atoms with Crippen LogP contribution < -0.4 is 10.1 Å². The van der Waals surface area contributed by atoms with Crippen LogP contribution in [-0.4, -0.2) is 62.7 Å². The number of carbonyl (C=O) groups excluding carboxylic acids is 2. The molecule has 2 aliphatic heterocycles. The fourth-order valence-electron chi connectivity index (χ4n) is 4.70. The number of nitrogens with zero attached hydrogens (tertiary/aromatic N) is 2. The SMILES string of the molecule is COc1ccc(C)cc1S(=O)(=O)N1CCC[C@H](C(=O)Nc2ccc(CC(=O)N3CCCC3)cc2)C1. The summed E-state index contributed by atoms with van der Waals surface area (Å²) in [5.41, 5.74) is 2.36. The van der Waals surface area contributed by atoms with Crippen molar-refractivity contribution < 1.29 is 22.7 Å². The number of rotatable bonds is 7. The first kappa shape index (κ1) is 25.2. The number of carbonyl (C=O) groups is 2. The first-order chi connectivity index (χ1) is 16.8. The number of likely N-dealkylation sites (tertiary alicyclic amines) is 1. The number of nitrogens with one attached hydrogen (secondary N) is 1. The summed E-state index contributed by atoms with van der Waals surface area (Å²) in [6.45, 7) is 3.98. The van der Waals surface area contributed by atoms with Crippen molar-refractivity contribution in [2.45, 2.75) is 43.9 Å². The van der Waals surface area contributed by atoms with E-state index in [4.69, 9.17) is 4.74 Å². The maximum atomic E-state index is 13.3. The molecule has 0 saturated carbocycles. The third-order valence-corrected chi connectivity index (χ3v) is 8.61. The van der Waals surface area contributed by atoms with Crippen molar-refractivity contribution in [1.29, 1.82) is 0 Å². The number of aryl methyl sites for hydroxylation is 1. The summed E-state index contributed by atoms with van der Waals surface area (Å²) in [7, 11) is -2.35. The molecule has 0 aromatic heterocycles. The van der Waals surface area contributed by atoms with Crippen LogP contribution in [0.25, 0.3) is 0 Å². The monoisotopic (exact) mass is 499 g/mol. The van der Waals surface area contributed by atoms with Gasteiger partial charge < -0.3 is 15.0 Å². The van der Waals surface area contributed by atoms with Gasteiger partial charge in [-0.15, -0.1) is 0 Å². The molecule has 2 amide bonds. The molecule has 2 aliphatic rings. The summed E-state index contributed by atoms with van der Waals surface area (Å²) in [4.78, 5) is 27.3. The van der Waals surface area contributed by atoms with Crippen LogP contribution in [0.5, 0.6) is 5.75 Å². The Morgan fingerprint density at radius 1 is 1.03 bits per heavy atom. The van der Waals surface area contributed by atoms with Crippen LogP contribution in [0.2, 0.25) is 0 Å². The summed E-state index contributed by atoms with van der Waals surface area (Å²) in [6.07, 6.45) is 3.70. The molecule has 0 unspecified atom stereocenters. The zero-order valence-electron chi connectivity index (χ0n) is 20.3. The predicted molar refractivity (Wildman–Crippen MR) is 134 cm³/mol. The van der Waals surface area contributed by atoms with E-state index in [0.717, 1.165) is 37.1 Å². The number of benzene rings is 2. The summed E-state index contributed by atoms with van der Waals surface area (Å²) >= 11 is 0. The standard InChI is InChI=1S/C26H33N3O5S/c1-19-7-12-23(34-2)24(16-19)35(32,33)29-15-5-6-21(18-29)26(31)27-22-10-8-20(9-11-22)17-25(30)28-13-3-4-14-28/h7-12,16,21H,3-6,13-15,17-18H2,1-2H3,(H,27,31)/t21-/m0/s1. The zero-order valence-corrected chi connectivity index (χ0v) is 21.1. The van der Waals surface area contributed by atoms with Gasteiger partial charge in [0, 0.05) is 31.9 Å². The Hall–Kier alpha value is -2.91. The molecular weight excluding hydrogens is 466 g/mol. The number of ether oxygens (including phenoxy) is 1. The molecule has 1 N–H and O–H groups in total. The lowest BCUT2D eigenvalue weighted by Gasteiger charge is -2.31. The molecule has 2 aromatic rings. The van der Waals surface area contributed by atoms with Gasteiger partial charge in [0.25, 0.3) is 0 Å². The fraction of sp³-hybridized carbons (Fsp3) is 0.462. The highest BCUT2D eigenvalue weighted by atomic mass is 32.2. The van der Waals surface area contributed by atoms with Crippen molar-refractivity contribution >= 4 is 27.5 Å². The van der Waals surface area contributed by atoms with Gasteiger partial charge in [-0.1, -0.05) is 18.2 Å². The fourth-order valence-corrected chi connectivity index (χ4v) is 6.47. The number of anilines is 1. The number of amides is 2. The maximum Gasteiger partial charge on any atom is 0.246 e. The van der Waals surface area contributed by atoms with Crippen LogP contribution in [0.15, 0.2) is 47.4 Å². The Bertz CT molecular complexity index is 1170. The summed E-state index contributed by atoms with van der Waals surface area (Å²) in [5.74, 6) is -0.230. The van der Waals surface area contributed by atoms with Crippen molar-refractivity contribution in [3.05, 3.63) is 53.6 Å². The normalized spacial score (nSPS) is 18.9. The summed E-state index contributed by atoms with van der Waals surface area (Å²) in [5, 5.41) is 2.91. The molecule has 0 radical (unpaired) electrons. The van der Waals surface area contributed by atoms with Gasteiger partial charge in [-0.3, -0.25) is 9.59 Å². The smallest absolute Gasteiger partial charge is 0.246 e. The Morgan fingerprint density at radius 3 is 2.43 bits per heavy atom. The third-order valence-electron chi connectivity index (χ3n) is 6.73. The van der Waals surface area contributed by atoms with Crippen LogP contribution >= 0.6 is 0 Å². The molecule has 0 bridgehead atoms. The van der Waals surface area contributed by atoms with E-state index >= 15 is 0 Å². The van der Waals surface area contributed by atoms with Crippen LogP contribution in [0, 0.1) is 12.8 Å². The Morgan fingerprint density at radius 2 is 1.74 bits per heavy atom. The molecule has 35 heavy (non-hydrogen) atoms. The van der Waals surface area contributed by atoms with E-state index in [0.29, 0.717) is 37.2 Å². The van der Waals surface area contributed by atoms with Gasteiger partial charge in [0.1, 0.15) is 10.6 Å². The van der Waals surface area contributed by atoms with E-state index in [1.165, 1.54) is 11.4 Å². The van der Waals surface area contributed by atoms with E-state index < -0.39 is 15.9 Å². The van der Waals surface area contributed by atoms with Crippen molar-refractivity contribution in [1.82, 2.24) is 9.21 Å². The van der Waals surface area contributed by atoms with E-state index in [9.17, 15) is 18.0 Å². The quantitative estimate of drug-likeness (QED) is 0.631. The highest BCUT2D eigenvalue weighted by molar-refractivity contribution is 7.89. The van der Waals surface area contributed by atoms with Gasteiger partial charge in [-0.2, -0.15) is 4.31 Å². The zero-order chi connectivity index (χ0) is 25.0. The largest absolute Gasteiger partial charge is 0.495 e. The van der Waals surface area contributed by atoms with Crippen LogP contribution in [0.3, 0.4) is 0 Å². The maximum absolute atomic E-state index is 13.3. The number of hydrogen-bond donors (Lipinski definition) is 1. The molecule has 2 aromatic carbocycles. The van der Waals surface area contributed by atoms with Crippen molar-refractivity contribution in [2.24, 2.45) is 5.92 Å². The van der Waals surface area contributed by atoms with Gasteiger partial charge in [-0.25, -0.2) is 8.42 Å². The molecule has 0 spiro atoms. The Kier molecular flexibility index (Phi) is 7.76. The number of piperidine rings is 1. The van der Waals surface area contributed by atoms with E-state index in [2.05, 4.69) is 5.32 Å². The lowest BCUT2D eigenvalue weighted by Crippen LogP contribution is -2.43. The van der Waals surface area contributed by atoms with Gasteiger partial charge >= 0.3 is 0 Å². The lowest BCUT2D eigenvalue weighted by atomic mass is 9.98. The Labute approximate surface area is 207 Å². The van der Waals surface area contributed by atoms with Crippen LogP contribution in [0.1, 0.15) is 36.8 Å². The molecule has 2 heterocycles. The van der Waals surface area contributed by atoms with Crippen molar-refractivity contribution in [3.63, 3.8) is 0 Å². The molecule has 0 aliphatic carbocycles. The second kappa shape index (κ2) is 10.8. The summed E-state index contributed by atoms with van der Waals surface area (Å²) in [6, 6.07) is 12.3. The first-order valence-corrected chi connectivity index (χ1v) is 13.5. The molecule has 2 saturated heterocycles. The first-order valence-electron chi connectivity index (χ1n) is 12.1. The average Bonchev–Trinajstić information content (AvgIpc) is 3.40. The summed E-state index contributed by atoms with van der Waals surface area (Å²) < 4.78 is 33.4. The molecule has 9 heteroatoms. The highest BCUT2D eigenvalue weighted by Gasteiger charge is 2.35. The van der Waals surface area contributed by atoms with Crippen molar-refractivity contribution in [3.8, 4) is 5.75 Å². The van der Waals surface area contributed by atoms with Gasteiger partial charge in [0.15, 0.2) is 0 Å². The number of methoxy groups -OCH3 is 1. The van der Waals surface area contributed by atoms with Gasteiger partial charge in [0.05, 0.1) is 19.4 Å². The minimum atomic E-state index is -3.80. The Balaban J connectivity index is 1.38. The molecule has 4 rings (SSSR count). The molecule has 188 valence electrons. The molecule has 8 nitrogen and oxygen atoms in total. The van der Waals surface area contributed by atoms with E-state index in [1.54, 1.807) is 30.3 Å². The second-order valence-electron chi connectivity index (χ2n) is 9.31. The lowest BCUT2D eigenvalue weighted by molar-refractivity contribution is -0.129. The molecule has 1 atom stereocenters. The minimum Gasteiger partial charge on any atom is -0.495 e. The van der Waals surface area contributed by atoms with Gasteiger partial charge in [-0.05, 0) is 68.0 Å².